The van der Waals surface area contributed by atoms with E-state index in [1.165, 1.54) is 11.0 Å². The first-order valence-electron chi connectivity index (χ1n) is 6.08. The zero-order valence-corrected chi connectivity index (χ0v) is 11.0. The van der Waals surface area contributed by atoms with Gasteiger partial charge in [-0.2, -0.15) is 0 Å². The number of aromatic nitrogens is 4. The van der Waals surface area contributed by atoms with Crippen molar-refractivity contribution in [2.45, 2.75) is 0 Å². The number of carbonyl (C=O) groups is 2. The zero-order valence-electron chi connectivity index (χ0n) is 11.0. The standard InChI is InChI=1S/C12H13N5O4/c18-11(19)7-21-6-5-13-12(20)9-1-3-10(4-2-9)17-8-14-15-16-17/h1-4,8H,5-7H2,(H,13,20)(H,18,19). The van der Waals surface area contributed by atoms with Crippen LogP contribution in [0, 0.1) is 0 Å². The number of nitrogens with zero attached hydrogens (tertiary/aromatic N) is 4. The molecule has 1 aromatic carbocycles. The predicted molar refractivity (Wildman–Crippen MR) is 69.9 cm³/mol. The van der Waals surface area contributed by atoms with Gasteiger partial charge in [0.2, 0.25) is 0 Å². The second kappa shape index (κ2) is 7.10. The molecule has 0 aliphatic heterocycles. The van der Waals surface area contributed by atoms with Crippen molar-refractivity contribution in [3.8, 4) is 5.69 Å². The monoisotopic (exact) mass is 291 g/mol. The Morgan fingerprint density at radius 1 is 1.29 bits per heavy atom. The van der Waals surface area contributed by atoms with Crippen LogP contribution in [-0.4, -0.2) is 56.9 Å². The van der Waals surface area contributed by atoms with Gasteiger partial charge in [0.1, 0.15) is 12.9 Å². The number of benzene rings is 1. The van der Waals surface area contributed by atoms with Crippen LogP contribution in [0.25, 0.3) is 5.69 Å². The molecule has 0 aliphatic carbocycles. The van der Waals surface area contributed by atoms with Gasteiger partial charge in [0, 0.05) is 12.1 Å². The summed E-state index contributed by atoms with van der Waals surface area (Å²) >= 11 is 0. The number of rotatable bonds is 7. The molecule has 2 rings (SSSR count). The highest BCUT2D eigenvalue weighted by Crippen LogP contribution is 2.07. The lowest BCUT2D eigenvalue weighted by molar-refractivity contribution is -0.142. The van der Waals surface area contributed by atoms with E-state index in [-0.39, 0.29) is 25.7 Å². The molecule has 2 aromatic rings. The topological polar surface area (TPSA) is 119 Å². The van der Waals surface area contributed by atoms with E-state index in [1.807, 2.05) is 0 Å². The molecule has 21 heavy (non-hydrogen) atoms. The van der Waals surface area contributed by atoms with Crippen molar-refractivity contribution in [1.29, 1.82) is 0 Å². The molecule has 0 atom stereocenters. The molecule has 1 amide bonds. The quantitative estimate of drug-likeness (QED) is 0.659. The fourth-order valence-electron chi connectivity index (χ4n) is 1.54. The molecule has 0 saturated heterocycles. The largest absolute Gasteiger partial charge is 0.480 e. The van der Waals surface area contributed by atoms with Crippen LogP contribution in [0.2, 0.25) is 0 Å². The van der Waals surface area contributed by atoms with Gasteiger partial charge in [0.15, 0.2) is 0 Å². The number of carboxylic acid groups (broad SMARTS) is 1. The van der Waals surface area contributed by atoms with Gasteiger partial charge in [-0.25, -0.2) is 9.48 Å². The molecule has 1 heterocycles. The van der Waals surface area contributed by atoms with Gasteiger partial charge in [0.05, 0.1) is 12.3 Å². The molecule has 9 nitrogen and oxygen atoms in total. The summed E-state index contributed by atoms with van der Waals surface area (Å²) in [6.45, 7) is -0.00187. The van der Waals surface area contributed by atoms with Gasteiger partial charge in [-0.3, -0.25) is 4.79 Å². The van der Waals surface area contributed by atoms with E-state index < -0.39 is 5.97 Å². The number of tetrazole rings is 1. The Hall–Kier alpha value is -2.81. The van der Waals surface area contributed by atoms with Gasteiger partial charge in [0.25, 0.3) is 5.91 Å². The second-order valence-corrected chi connectivity index (χ2v) is 4.00. The van der Waals surface area contributed by atoms with Crippen LogP contribution in [0.15, 0.2) is 30.6 Å². The molecule has 0 saturated carbocycles. The van der Waals surface area contributed by atoms with Crippen molar-refractivity contribution in [1.82, 2.24) is 25.5 Å². The van der Waals surface area contributed by atoms with Crippen molar-refractivity contribution in [3.63, 3.8) is 0 Å². The van der Waals surface area contributed by atoms with Crippen molar-refractivity contribution in [3.05, 3.63) is 36.2 Å². The molecule has 2 N–H and O–H groups in total. The molecule has 0 spiro atoms. The lowest BCUT2D eigenvalue weighted by Crippen LogP contribution is -2.27. The van der Waals surface area contributed by atoms with Crippen molar-refractivity contribution in [2.75, 3.05) is 19.8 Å². The Labute approximate surface area is 119 Å². The SMILES string of the molecule is O=C(O)COCCNC(=O)c1ccc(-n2cnnn2)cc1. The Bertz CT molecular complexity index is 597. The van der Waals surface area contributed by atoms with E-state index in [0.29, 0.717) is 5.56 Å². The number of hydrogen-bond acceptors (Lipinski definition) is 6. The Balaban J connectivity index is 1.81. The third kappa shape index (κ3) is 4.35. The van der Waals surface area contributed by atoms with Gasteiger partial charge < -0.3 is 15.2 Å². The maximum absolute atomic E-state index is 11.8. The first-order valence-corrected chi connectivity index (χ1v) is 6.08. The van der Waals surface area contributed by atoms with Crippen LogP contribution in [-0.2, 0) is 9.53 Å². The lowest BCUT2D eigenvalue weighted by atomic mass is 10.2. The summed E-state index contributed by atoms with van der Waals surface area (Å²) in [5.74, 6) is -1.31. The normalized spacial score (nSPS) is 10.3. The van der Waals surface area contributed by atoms with Crippen molar-refractivity contribution >= 4 is 11.9 Å². The molecule has 0 unspecified atom stereocenters. The minimum Gasteiger partial charge on any atom is -0.480 e. The Kier molecular flexibility index (Phi) is 4.94. The van der Waals surface area contributed by atoms with Crippen LogP contribution >= 0.6 is 0 Å². The summed E-state index contributed by atoms with van der Waals surface area (Å²) < 4.78 is 6.28. The average Bonchev–Trinajstić information content (AvgIpc) is 3.01. The molecule has 0 radical (unpaired) electrons. The van der Waals surface area contributed by atoms with Gasteiger partial charge in [-0.15, -0.1) is 5.10 Å². The highest BCUT2D eigenvalue weighted by atomic mass is 16.5. The molecule has 0 aliphatic rings. The molecule has 110 valence electrons. The molecule has 9 heteroatoms. The third-order valence-corrected chi connectivity index (χ3v) is 2.50. The maximum Gasteiger partial charge on any atom is 0.329 e. The van der Waals surface area contributed by atoms with E-state index in [1.54, 1.807) is 24.3 Å². The molecule has 0 bridgehead atoms. The van der Waals surface area contributed by atoms with E-state index in [4.69, 9.17) is 9.84 Å². The number of amides is 1. The van der Waals surface area contributed by atoms with Crippen LogP contribution in [0.1, 0.15) is 10.4 Å². The Morgan fingerprint density at radius 3 is 2.67 bits per heavy atom. The summed E-state index contributed by atoms with van der Waals surface area (Å²) in [7, 11) is 0. The average molecular weight is 291 g/mol. The first kappa shape index (κ1) is 14.6. The molecular weight excluding hydrogens is 278 g/mol. The lowest BCUT2D eigenvalue weighted by Gasteiger charge is -2.06. The number of ether oxygens (including phenoxy) is 1. The second-order valence-electron chi connectivity index (χ2n) is 4.00. The third-order valence-electron chi connectivity index (χ3n) is 2.50. The number of hydrogen-bond donors (Lipinski definition) is 2. The summed E-state index contributed by atoms with van der Waals surface area (Å²) in [6.07, 6.45) is 1.45. The maximum atomic E-state index is 11.8. The van der Waals surface area contributed by atoms with Crippen LogP contribution < -0.4 is 5.32 Å². The smallest absolute Gasteiger partial charge is 0.329 e. The number of carboxylic acids is 1. The number of nitrogens with one attached hydrogen (secondary N) is 1. The highest BCUT2D eigenvalue weighted by molar-refractivity contribution is 5.94. The fourth-order valence-corrected chi connectivity index (χ4v) is 1.54. The van der Waals surface area contributed by atoms with E-state index >= 15 is 0 Å². The molecule has 1 aromatic heterocycles. The predicted octanol–water partition coefficient (Wildman–Crippen LogP) is -0.507. The van der Waals surface area contributed by atoms with E-state index in [0.717, 1.165) is 5.69 Å². The molecule has 0 fully saturated rings. The summed E-state index contributed by atoms with van der Waals surface area (Å²) in [4.78, 5) is 22.0. The minimum absolute atomic E-state index is 0.140. The summed E-state index contributed by atoms with van der Waals surface area (Å²) in [6, 6.07) is 6.72. The number of carbonyl (C=O) groups excluding carboxylic acids is 1. The van der Waals surface area contributed by atoms with Crippen LogP contribution in [0.5, 0.6) is 0 Å². The Morgan fingerprint density at radius 2 is 2.05 bits per heavy atom. The van der Waals surface area contributed by atoms with E-state index in [2.05, 4.69) is 20.8 Å². The van der Waals surface area contributed by atoms with Gasteiger partial charge in [-0.05, 0) is 34.7 Å². The van der Waals surface area contributed by atoms with Gasteiger partial charge >= 0.3 is 5.97 Å². The summed E-state index contributed by atoms with van der Waals surface area (Å²) in [5, 5.41) is 21.8. The van der Waals surface area contributed by atoms with Crippen molar-refractivity contribution in [2.24, 2.45) is 0 Å². The first-order chi connectivity index (χ1) is 10.2. The van der Waals surface area contributed by atoms with Crippen molar-refractivity contribution < 1.29 is 19.4 Å². The summed E-state index contributed by atoms with van der Waals surface area (Å²) in [5.41, 5.74) is 1.21. The fraction of sp³-hybridized carbons (Fsp3) is 0.250. The highest BCUT2D eigenvalue weighted by Gasteiger charge is 2.06. The van der Waals surface area contributed by atoms with Gasteiger partial charge in [-0.1, -0.05) is 0 Å². The zero-order chi connectivity index (χ0) is 15.1. The van der Waals surface area contributed by atoms with Crippen LogP contribution in [0.4, 0.5) is 0 Å². The van der Waals surface area contributed by atoms with E-state index in [9.17, 15) is 9.59 Å². The number of aliphatic carboxylic acids is 1. The minimum atomic E-state index is -1.04. The molecular formula is C12H13N5O4. The van der Waals surface area contributed by atoms with Crippen LogP contribution in [0.3, 0.4) is 0 Å².